The Hall–Kier alpha value is -2.21. The number of hydrogen-bond donors (Lipinski definition) is 1. The minimum Gasteiger partial charge on any atom is -0.337 e. The zero-order valence-electron chi connectivity index (χ0n) is 13.9. The van der Waals surface area contributed by atoms with E-state index in [1.165, 1.54) is 25.9 Å². The molecule has 4 aliphatic heterocycles. The van der Waals surface area contributed by atoms with Gasteiger partial charge in [0, 0.05) is 19.0 Å². The van der Waals surface area contributed by atoms with Crippen molar-refractivity contribution in [3.8, 4) is 0 Å². The number of likely N-dealkylation sites (N-methyl/N-ethyl adjacent to an activating group) is 1. The lowest BCUT2D eigenvalue weighted by atomic mass is 9.72. The summed E-state index contributed by atoms with van der Waals surface area (Å²) in [5, 5.41) is 4.50. The van der Waals surface area contributed by atoms with Gasteiger partial charge in [-0.15, -0.1) is 0 Å². The molecule has 1 unspecified atom stereocenters. The van der Waals surface area contributed by atoms with Crippen molar-refractivity contribution < 1.29 is 0 Å². The number of nitrogens with one attached hydrogen (secondary N) is 1. The largest absolute Gasteiger partial charge is 0.337 e. The van der Waals surface area contributed by atoms with Crippen LogP contribution in [0.5, 0.6) is 0 Å². The molecule has 6 rings (SSSR count). The fraction of sp³-hybridized carbons (Fsp3) is 0.500. The third-order valence-corrected chi connectivity index (χ3v) is 6.11. The molecular formula is C18H22N6. The van der Waals surface area contributed by atoms with Gasteiger partial charge >= 0.3 is 0 Å². The van der Waals surface area contributed by atoms with E-state index in [0.717, 1.165) is 41.7 Å². The summed E-state index contributed by atoms with van der Waals surface area (Å²) < 4.78 is 0. The second-order valence-corrected chi connectivity index (χ2v) is 7.22. The zero-order valence-corrected chi connectivity index (χ0v) is 13.9. The van der Waals surface area contributed by atoms with Crippen molar-refractivity contribution in [2.45, 2.75) is 18.4 Å². The highest BCUT2D eigenvalue weighted by Crippen LogP contribution is 2.42. The summed E-state index contributed by atoms with van der Waals surface area (Å²) in [5.74, 6) is 2.52. The molecule has 1 aromatic carbocycles. The number of benzene rings is 1. The van der Waals surface area contributed by atoms with Gasteiger partial charge in [0.05, 0.1) is 17.6 Å². The Morgan fingerprint density at radius 3 is 2.79 bits per heavy atom. The van der Waals surface area contributed by atoms with Crippen LogP contribution < -0.4 is 5.32 Å². The molecule has 1 atom stereocenters. The molecule has 1 N–H and O–H groups in total. The minimum absolute atomic E-state index is 0.168. The van der Waals surface area contributed by atoms with Crippen LogP contribution >= 0.6 is 0 Å². The first kappa shape index (κ1) is 14.2. The van der Waals surface area contributed by atoms with Gasteiger partial charge in [-0.1, -0.05) is 12.1 Å². The molecule has 3 fully saturated rings. The van der Waals surface area contributed by atoms with E-state index in [4.69, 9.17) is 4.99 Å². The van der Waals surface area contributed by atoms with Crippen molar-refractivity contribution in [2.24, 2.45) is 10.9 Å². The molecule has 0 aliphatic carbocycles. The maximum absolute atomic E-state index is 4.86. The quantitative estimate of drug-likeness (QED) is 0.868. The van der Waals surface area contributed by atoms with Gasteiger partial charge in [0.2, 0.25) is 0 Å². The molecule has 0 amide bonds. The Morgan fingerprint density at radius 2 is 2.00 bits per heavy atom. The van der Waals surface area contributed by atoms with Crippen LogP contribution in [-0.4, -0.2) is 64.5 Å². The number of rotatable bonds is 1. The SMILES string of the molecule is CN1C(Nc2ncnc3ccccc23)=NCC12CN1CCC2CC1. The van der Waals surface area contributed by atoms with Crippen LogP contribution in [0.15, 0.2) is 35.6 Å². The lowest BCUT2D eigenvalue weighted by Gasteiger charge is -2.54. The van der Waals surface area contributed by atoms with Crippen molar-refractivity contribution in [1.29, 1.82) is 0 Å². The molecule has 2 aromatic rings. The molecule has 5 heterocycles. The van der Waals surface area contributed by atoms with E-state index in [0.29, 0.717) is 0 Å². The van der Waals surface area contributed by atoms with Gasteiger partial charge in [-0.2, -0.15) is 0 Å². The summed E-state index contributed by atoms with van der Waals surface area (Å²) in [6.07, 6.45) is 4.21. The molecule has 3 saturated heterocycles. The van der Waals surface area contributed by atoms with Crippen LogP contribution in [0.3, 0.4) is 0 Å². The summed E-state index contributed by atoms with van der Waals surface area (Å²) in [7, 11) is 2.18. The van der Waals surface area contributed by atoms with Gasteiger partial charge in [-0.05, 0) is 44.0 Å². The Labute approximate surface area is 141 Å². The highest BCUT2D eigenvalue weighted by Gasteiger charge is 2.52. The molecule has 0 saturated carbocycles. The van der Waals surface area contributed by atoms with Gasteiger partial charge in [0.1, 0.15) is 12.1 Å². The third-order valence-electron chi connectivity index (χ3n) is 6.11. The van der Waals surface area contributed by atoms with E-state index >= 15 is 0 Å². The monoisotopic (exact) mass is 322 g/mol. The van der Waals surface area contributed by atoms with Crippen molar-refractivity contribution in [2.75, 3.05) is 38.5 Å². The fourth-order valence-corrected chi connectivity index (χ4v) is 4.67. The Morgan fingerprint density at radius 1 is 1.17 bits per heavy atom. The van der Waals surface area contributed by atoms with Gasteiger partial charge in [0.15, 0.2) is 5.96 Å². The molecule has 6 nitrogen and oxygen atoms in total. The molecule has 124 valence electrons. The summed E-state index contributed by atoms with van der Waals surface area (Å²) in [6, 6.07) is 8.08. The average Bonchev–Trinajstić information content (AvgIpc) is 2.93. The zero-order chi connectivity index (χ0) is 16.1. The van der Waals surface area contributed by atoms with Gasteiger partial charge in [0.25, 0.3) is 0 Å². The normalized spacial score (nSPS) is 31.7. The third kappa shape index (κ3) is 1.95. The molecule has 1 spiro atoms. The second kappa shape index (κ2) is 5.14. The highest BCUT2D eigenvalue weighted by molar-refractivity contribution is 6.01. The van der Waals surface area contributed by atoms with Crippen molar-refractivity contribution in [3.05, 3.63) is 30.6 Å². The Balaban J connectivity index is 1.44. The highest BCUT2D eigenvalue weighted by atomic mass is 15.4. The maximum Gasteiger partial charge on any atom is 0.200 e. The van der Waals surface area contributed by atoms with Crippen molar-refractivity contribution in [1.82, 2.24) is 19.8 Å². The molecule has 1 aromatic heterocycles. The number of hydrogen-bond acceptors (Lipinski definition) is 6. The summed E-state index contributed by atoms with van der Waals surface area (Å²) in [6.45, 7) is 4.52. The van der Waals surface area contributed by atoms with Crippen molar-refractivity contribution >= 4 is 22.7 Å². The lowest BCUT2D eigenvalue weighted by Crippen LogP contribution is -2.66. The number of aromatic nitrogens is 2. The topological polar surface area (TPSA) is 56.6 Å². The van der Waals surface area contributed by atoms with Gasteiger partial charge < -0.3 is 15.1 Å². The molecular weight excluding hydrogens is 300 g/mol. The van der Waals surface area contributed by atoms with E-state index in [1.807, 2.05) is 18.2 Å². The maximum atomic E-state index is 4.86. The molecule has 2 bridgehead atoms. The van der Waals surface area contributed by atoms with Crippen LogP contribution in [0.4, 0.5) is 5.82 Å². The number of piperidine rings is 3. The van der Waals surface area contributed by atoms with Crippen LogP contribution in [0.2, 0.25) is 0 Å². The predicted molar refractivity (Wildman–Crippen MR) is 95.1 cm³/mol. The number of anilines is 1. The van der Waals surface area contributed by atoms with Crippen LogP contribution in [-0.2, 0) is 0 Å². The summed E-state index contributed by atoms with van der Waals surface area (Å²) in [5.41, 5.74) is 1.12. The number of guanidine groups is 1. The van der Waals surface area contributed by atoms with E-state index in [1.54, 1.807) is 6.33 Å². The van der Waals surface area contributed by atoms with E-state index < -0.39 is 0 Å². The van der Waals surface area contributed by atoms with E-state index in [9.17, 15) is 0 Å². The number of nitrogens with zero attached hydrogens (tertiary/aromatic N) is 5. The molecule has 4 aliphatic rings. The minimum atomic E-state index is 0.168. The first-order valence-electron chi connectivity index (χ1n) is 8.74. The number of para-hydroxylation sites is 1. The van der Waals surface area contributed by atoms with Crippen LogP contribution in [0, 0.1) is 5.92 Å². The van der Waals surface area contributed by atoms with Crippen LogP contribution in [0.1, 0.15) is 12.8 Å². The van der Waals surface area contributed by atoms with E-state index in [2.05, 4.69) is 38.2 Å². The molecule has 6 heteroatoms. The van der Waals surface area contributed by atoms with Gasteiger partial charge in [-0.25, -0.2) is 9.97 Å². The Kier molecular flexibility index (Phi) is 3.03. The lowest BCUT2D eigenvalue weighted by molar-refractivity contribution is -0.0199. The summed E-state index contributed by atoms with van der Waals surface area (Å²) >= 11 is 0. The second-order valence-electron chi connectivity index (χ2n) is 7.22. The first-order chi connectivity index (χ1) is 11.8. The van der Waals surface area contributed by atoms with Crippen molar-refractivity contribution in [3.63, 3.8) is 0 Å². The fourth-order valence-electron chi connectivity index (χ4n) is 4.67. The average molecular weight is 322 g/mol. The first-order valence-corrected chi connectivity index (χ1v) is 8.74. The standard InChI is InChI=1S/C18H22N6/c1-23-17(19-10-18(23)11-24-8-6-13(18)7-9-24)22-16-14-4-2-3-5-15(14)20-12-21-16/h2-5,12-13H,6-11H2,1H3,(H,19,20,21,22). The smallest absolute Gasteiger partial charge is 0.200 e. The van der Waals surface area contributed by atoms with Gasteiger partial charge in [-0.3, -0.25) is 4.99 Å². The van der Waals surface area contributed by atoms with Crippen LogP contribution in [0.25, 0.3) is 10.9 Å². The molecule has 24 heavy (non-hydrogen) atoms. The number of fused-ring (bicyclic) bond motifs is 3. The Bertz CT molecular complexity index is 805. The predicted octanol–water partition coefficient (Wildman–Crippen LogP) is 1.81. The molecule has 0 radical (unpaired) electrons. The summed E-state index contributed by atoms with van der Waals surface area (Å²) in [4.78, 5) is 18.6. The number of aliphatic imine (C=N–C) groups is 1. The van der Waals surface area contributed by atoms with E-state index in [-0.39, 0.29) is 5.54 Å².